The first-order chi connectivity index (χ1) is 8.17. The highest BCUT2D eigenvalue weighted by Gasteiger charge is 2.12. The van der Waals surface area contributed by atoms with Gasteiger partial charge in [0.05, 0.1) is 12.6 Å². The van der Waals surface area contributed by atoms with Gasteiger partial charge in [0.2, 0.25) is 5.91 Å². The number of carbonyl (C=O) groups is 1. The highest BCUT2D eigenvalue weighted by molar-refractivity contribution is 5.94. The zero-order valence-corrected chi connectivity index (χ0v) is 10.4. The first-order valence-corrected chi connectivity index (χ1v) is 5.96. The number of ether oxygens (including phenoxy) is 1. The van der Waals surface area contributed by atoms with Crippen LogP contribution in [-0.4, -0.2) is 18.6 Å². The van der Waals surface area contributed by atoms with Crippen LogP contribution in [0, 0.1) is 0 Å². The smallest absolute Gasteiger partial charge is 0.241 e. The van der Waals surface area contributed by atoms with E-state index in [4.69, 9.17) is 10.5 Å². The minimum absolute atomic E-state index is 0.152. The Morgan fingerprint density at radius 3 is 2.88 bits per heavy atom. The number of carbonyl (C=O) groups excluding carboxylic acids is 1. The molecule has 0 aliphatic rings. The molecule has 0 radical (unpaired) electrons. The van der Waals surface area contributed by atoms with Gasteiger partial charge in [-0.2, -0.15) is 0 Å². The summed E-state index contributed by atoms with van der Waals surface area (Å²) in [4.78, 5) is 11.7. The molecule has 4 nitrogen and oxygen atoms in total. The average Bonchev–Trinajstić information content (AvgIpc) is 2.30. The molecule has 1 aromatic rings. The summed E-state index contributed by atoms with van der Waals surface area (Å²) in [6.07, 6.45) is 1.59. The maximum absolute atomic E-state index is 11.7. The van der Waals surface area contributed by atoms with Crippen LogP contribution in [-0.2, 0) is 4.79 Å². The minimum Gasteiger partial charge on any atom is -0.494 e. The Morgan fingerprint density at radius 1 is 1.47 bits per heavy atom. The Hall–Kier alpha value is -1.55. The molecule has 0 aliphatic heterocycles. The quantitative estimate of drug-likeness (QED) is 0.795. The zero-order chi connectivity index (χ0) is 12.7. The van der Waals surface area contributed by atoms with Crippen LogP contribution in [0.1, 0.15) is 26.7 Å². The molecule has 1 aromatic carbocycles. The van der Waals surface area contributed by atoms with Gasteiger partial charge in [-0.15, -0.1) is 0 Å². The van der Waals surface area contributed by atoms with Crippen molar-refractivity contribution < 1.29 is 9.53 Å². The van der Waals surface area contributed by atoms with Gasteiger partial charge in [-0.1, -0.05) is 19.4 Å². The molecule has 0 saturated heterocycles. The molecule has 0 spiro atoms. The van der Waals surface area contributed by atoms with Crippen molar-refractivity contribution in [3.05, 3.63) is 24.3 Å². The molecule has 4 heteroatoms. The van der Waals surface area contributed by atoms with Crippen molar-refractivity contribution in [3.8, 4) is 5.75 Å². The number of amides is 1. The molecule has 0 unspecified atom stereocenters. The molecule has 0 bridgehead atoms. The van der Waals surface area contributed by atoms with E-state index < -0.39 is 6.04 Å². The lowest BCUT2D eigenvalue weighted by Crippen LogP contribution is -2.35. The van der Waals surface area contributed by atoms with Crippen LogP contribution in [0.5, 0.6) is 5.75 Å². The standard InChI is InChI=1S/C13H20N2O2/c1-3-6-12(14)13(16)15-10-7-5-8-11(9-10)17-4-2/h5,7-9,12H,3-4,6,14H2,1-2H3,(H,15,16)/t12-/m1/s1. The highest BCUT2D eigenvalue weighted by atomic mass is 16.5. The second-order valence-corrected chi connectivity index (χ2v) is 3.85. The lowest BCUT2D eigenvalue weighted by atomic mass is 10.1. The third-order valence-electron chi connectivity index (χ3n) is 2.35. The Kier molecular flexibility index (Phi) is 5.49. The van der Waals surface area contributed by atoms with Crippen LogP contribution in [0.3, 0.4) is 0 Å². The summed E-state index contributed by atoms with van der Waals surface area (Å²) in [5.74, 6) is 0.592. The SMILES string of the molecule is CCC[C@@H](N)C(=O)Nc1cccc(OCC)c1. The topological polar surface area (TPSA) is 64.4 Å². The Bertz CT molecular complexity index is 366. The number of anilines is 1. The van der Waals surface area contributed by atoms with Crippen molar-refractivity contribution in [3.63, 3.8) is 0 Å². The average molecular weight is 236 g/mol. The van der Waals surface area contributed by atoms with Crippen molar-refractivity contribution in [1.82, 2.24) is 0 Å². The molecule has 94 valence electrons. The summed E-state index contributed by atoms with van der Waals surface area (Å²) < 4.78 is 5.35. The lowest BCUT2D eigenvalue weighted by molar-refractivity contribution is -0.117. The third-order valence-corrected chi connectivity index (χ3v) is 2.35. The van der Waals surface area contributed by atoms with Crippen LogP contribution in [0.25, 0.3) is 0 Å². The van der Waals surface area contributed by atoms with Gasteiger partial charge in [-0.25, -0.2) is 0 Å². The number of rotatable bonds is 6. The van der Waals surface area contributed by atoms with E-state index in [9.17, 15) is 4.79 Å². The first kappa shape index (κ1) is 13.5. The molecule has 1 atom stereocenters. The van der Waals surface area contributed by atoms with Gasteiger partial charge in [-0.3, -0.25) is 4.79 Å². The summed E-state index contributed by atoms with van der Waals surface area (Å²) in [5.41, 5.74) is 6.44. The largest absolute Gasteiger partial charge is 0.494 e. The molecule has 17 heavy (non-hydrogen) atoms. The molecule has 1 rings (SSSR count). The van der Waals surface area contributed by atoms with Gasteiger partial charge in [-0.05, 0) is 25.5 Å². The molecular formula is C13H20N2O2. The van der Waals surface area contributed by atoms with Crippen molar-refractivity contribution in [1.29, 1.82) is 0 Å². The van der Waals surface area contributed by atoms with Crippen molar-refractivity contribution in [2.75, 3.05) is 11.9 Å². The van der Waals surface area contributed by atoms with E-state index >= 15 is 0 Å². The van der Waals surface area contributed by atoms with Crippen molar-refractivity contribution in [2.24, 2.45) is 5.73 Å². The minimum atomic E-state index is -0.448. The van der Waals surface area contributed by atoms with E-state index in [0.29, 0.717) is 18.7 Å². The van der Waals surface area contributed by atoms with E-state index in [-0.39, 0.29) is 5.91 Å². The van der Waals surface area contributed by atoms with Gasteiger partial charge in [0.1, 0.15) is 5.75 Å². The van der Waals surface area contributed by atoms with Crippen molar-refractivity contribution in [2.45, 2.75) is 32.7 Å². The third kappa shape index (κ3) is 4.44. The zero-order valence-electron chi connectivity index (χ0n) is 10.4. The Labute approximate surface area is 102 Å². The van der Waals surface area contributed by atoms with Crippen LogP contribution < -0.4 is 15.8 Å². The molecule has 0 fully saturated rings. The molecule has 3 N–H and O–H groups in total. The number of nitrogens with one attached hydrogen (secondary N) is 1. The number of nitrogens with two attached hydrogens (primary N) is 1. The van der Waals surface area contributed by atoms with E-state index in [1.807, 2.05) is 32.0 Å². The van der Waals surface area contributed by atoms with Gasteiger partial charge < -0.3 is 15.8 Å². The molecule has 0 aliphatic carbocycles. The Balaban J connectivity index is 2.61. The fourth-order valence-corrected chi connectivity index (χ4v) is 1.51. The van der Waals surface area contributed by atoms with E-state index in [1.165, 1.54) is 0 Å². The molecule has 0 aromatic heterocycles. The summed E-state index contributed by atoms with van der Waals surface area (Å²) in [5, 5.41) is 2.78. The number of hydrogen-bond donors (Lipinski definition) is 2. The summed E-state index contributed by atoms with van der Waals surface area (Å²) in [6.45, 7) is 4.53. The van der Waals surface area contributed by atoms with Gasteiger partial charge in [0.25, 0.3) is 0 Å². The van der Waals surface area contributed by atoms with E-state index in [2.05, 4.69) is 5.32 Å². The van der Waals surface area contributed by atoms with Crippen molar-refractivity contribution >= 4 is 11.6 Å². The summed E-state index contributed by atoms with van der Waals surface area (Å²) in [7, 11) is 0. The molecule has 0 saturated carbocycles. The number of benzene rings is 1. The molecular weight excluding hydrogens is 216 g/mol. The summed E-state index contributed by atoms with van der Waals surface area (Å²) in [6, 6.07) is 6.85. The predicted molar refractivity (Wildman–Crippen MR) is 69.1 cm³/mol. The predicted octanol–water partition coefficient (Wildman–Crippen LogP) is 2.15. The van der Waals surface area contributed by atoms with Crippen LogP contribution >= 0.6 is 0 Å². The van der Waals surface area contributed by atoms with Gasteiger partial charge in [0.15, 0.2) is 0 Å². The Morgan fingerprint density at radius 2 is 2.24 bits per heavy atom. The monoisotopic (exact) mass is 236 g/mol. The lowest BCUT2D eigenvalue weighted by Gasteiger charge is -2.12. The fourth-order valence-electron chi connectivity index (χ4n) is 1.51. The normalized spacial score (nSPS) is 11.9. The van der Waals surface area contributed by atoms with Crippen LogP contribution in [0.4, 0.5) is 5.69 Å². The molecule has 0 heterocycles. The second-order valence-electron chi connectivity index (χ2n) is 3.85. The highest BCUT2D eigenvalue weighted by Crippen LogP contribution is 2.17. The fraction of sp³-hybridized carbons (Fsp3) is 0.462. The van der Waals surface area contributed by atoms with Gasteiger partial charge >= 0.3 is 0 Å². The maximum Gasteiger partial charge on any atom is 0.241 e. The van der Waals surface area contributed by atoms with E-state index in [0.717, 1.165) is 12.2 Å². The van der Waals surface area contributed by atoms with E-state index in [1.54, 1.807) is 6.07 Å². The maximum atomic E-state index is 11.7. The van der Waals surface area contributed by atoms with Crippen LogP contribution in [0.2, 0.25) is 0 Å². The number of hydrogen-bond acceptors (Lipinski definition) is 3. The van der Waals surface area contributed by atoms with Crippen LogP contribution in [0.15, 0.2) is 24.3 Å². The molecule has 1 amide bonds. The second kappa shape index (κ2) is 6.91. The van der Waals surface area contributed by atoms with Gasteiger partial charge in [0, 0.05) is 11.8 Å². The summed E-state index contributed by atoms with van der Waals surface area (Å²) >= 11 is 0. The first-order valence-electron chi connectivity index (χ1n) is 5.96.